The normalized spacial score (nSPS) is 11.6. The summed E-state index contributed by atoms with van der Waals surface area (Å²) >= 11 is 1.53. The summed E-state index contributed by atoms with van der Waals surface area (Å²) in [6.45, 7) is 7.44. The van der Waals surface area contributed by atoms with Crippen LogP contribution < -0.4 is 16.4 Å². The lowest BCUT2D eigenvalue weighted by molar-refractivity contribution is -0.148. The minimum absolute atomic E-state index is 0.316. The van der Waals surface area contributed by atoms with Crippen LogP contribution in [-0.2, 0) is 9.53 Å². The van der Waals surface area contributed by atoms with Gasteiger partial charge in [-0.1, -0.05) is 24.3 Å². The van der Waals surface area contributed by atoms with Gasteiger partial charge in [-0.2, -0.15) is 0 Å². The van der Waals surface area contributed by atoms with E-state index in [-0.39, 0.29) is 6.03 Å². The summed E-state index contributed by atoms with van der Waals surface area (Å²) < 4.78 is 6.27. The second-order valence-electron chi connectivity index (χ2n) is 9.35. The van der Waals surface area contributed by atoms with E-state index in [1.54, 1.807) is 12.3 Å². The number of urea groups is 1. The first-order chi connectivity index (χ1) is 17.1. The van der Waals surface area contributed by atoms with Crippen LogP contribution >= 0.6 is 11.3 Å². The smallest absolute Gasteiger partial charge is 0.331 e. The van der Waals surface area contributed by atoms with Gasteiger partial charge in [-0.25, -0.2) is 14.6 Å². The third kappa shape index (κ3) is 6.09. The summed E-state index contributed by atoms with van der Waals surface area (Å²) in [5.41, 5.74) is 10.8. The highest BCUT2D eigenvalue weighted by atomic mass is 32.1. The fourth-order valence-electron chi connectivity index (χ4n) is 3.66. The van der Waals surface area contributed by atoms with Crippen molar-refractivity contribution < 1.29 is 14.3 Å². The predicted molar refractivity (Wildman–Crippen MR) is 148 cm³/mol. The number of esters is 1. The zero-order valence-corrected chi connectivity index (χ0v) is 21.4. The molecule has 0 atom stereocenters. The Balaban J connectivity index is 1.53. The van der Waals surface area contributed by atoms with Gasteiger partial charge in [-0.3, -0.25) is 0 Å². The molecule has 7 nitrogen and oxygen atoms in total. The number of carbonyl (C=O) groups is 2. The number of fused-ring (bicyclic) bond motifs is 1. The van der Waals surface area contributed by atoms with Gasteiger partial charge in [-0.05, 0) is 74.5 Å². The zero-order chi connectivity index (χ0) is 25.9. The van der Waals surface area contributed by atoms with Crippen LogP contribution in [0.5, 0.6) is 0 Å². The molecule has 0 spiro atoms. The molecule has 0 fully saturated rings. The number of aromatic nitrogens is 1. The molecule has 0 saturated carbocycles. The van der Waals surface area contributed by atoms with Gasteiger partial charge in [0.05, 0.1) is 0 Å². The van der Waals surface area contributed by atoms with Gasteiger partial charge in [0.2, 0.25) is 0 Å². The molecule has 2 amide bonds. The highest BCUT2D eigenvalue weighted by Gasteiger charge is 2.16. The predicted octanol–water partition coefficient (Wildman–Crippen LogP) is 6.85. The molecular formula is C28H28N4O3S. The number of carbonyl (C=O) groups excluding carboxylic acids is 2. The molecule has 0 aliphatic carbocycles. The number of nitrogens with one attached hydrogen (secondary N) is 2. The van der Waals surface area contributed by atoms with Gasteiger partial charge in [0.15, 0.2) is 0 Å². The number of aryl methyl sites for hydroxylation is 1. The van der Waals surface area contributed by atoms with Crippen LogP contribution in [0.4, 0.5) is 22.0 Å². The molecule has 4 rings (SSSR count). The van der Waals surface area contributed by atoms with Crippen LogP contribution in [0.2, 0.25) is 0 Å². The molecule has 0 radical (unpaired) electrons. The number of hydrogen-bond donors (Lipinski definition) is 3. The first-order valence-corrected chi connectivity index (χ1v) is 12.3. The van der Waals surface area contributed by atoms with Crippen molar-refractivity contribution in [1.29, 1.82) is 0 Å². The first kappa shape index (κ1) is 24.9. The van der Waals surface area contributed by atoms with Crippen molar-refractivity contribution in [3.05, 3.63) is 77.3 Å². The molecule has 0 bridgehead atoms. The van der Waals surface area contributed by atoms with Crippen molar-refractivity contribution in [2.45, 2.75) is 33.3 Å². The van der Waals surface area contributed by atoms with Crippen LogP contribution in [0.15, 0.2) is 66.2 Å². The van der Waals surface area contributed by atoms with E-state index >= 15 is 0 Å². The van der Waals surface area contributed by atoms with E-state index in [0.717, 1.165) is 38.0 Å². The van der Waals surface area contributed by atoms with E-state index in [0.29, 0.717) is 11.5 Å². The van der Waals surface area contributed by atoms with Crippen molar-refractivity contribution in [1.82, 2.24) is 4.98 Å². The molecule has 4 aromatic rings. The molecule has 8 heteroatoms. The van der Waals surface area contributed by atoms with Gasteiger partial charge in [0, 0.05) is 44.9 Å². The summed E-state index contributed by atoms with van der Waals surface area (Å²) in [5, 5.41) is 8.51. The van der Waals surface area contributed by atoms with Crippen molar-refractivity contribution in [3.63, 3.8) is 0 Å². The zero-order valence-electron chi connectivity index (χ0n) is 20.6. The van der Waals surface area contributed by atoms with E-state index in [1.165, 1.54) is 17.4 Å². The molecule has 36 heavy (non-hydrogen) atoms. The molecule has 0 aliphatic rings. The maximum Gasteiger partial charge on any atom is 0.331 e. The van der Waals surface area contributed by atoms with Gasteiger partial charge < -0.3 is 21.1 Å². The van der Waals surface area contributed by atoms with E-state index < -0.39 is 11.6 Å². The third-order valence-corrected chi connectivity index (χ3v) is 6.22. The molecule has 2 aromatic carbocycles. The van der Waals surface area contributed by atoms with E-state index in [1.807, 2.05) is 81.6 Å². The first-order valence-electron chi connectivity index (χ1n) is 11.4. The Hall–Kier alpha value is -4.17. The highest BCUT2D eigenvalue weighted by Crippen LogP contribution is 2.39. The van der Waals surface area contributed by atoms with Crippen LogP contribution in [0.25, 0.3) is 27.3 Å². The Kier molecular flexibility index (Phi) is 7.07. The van der Waals surface area contributed by atoms with Crippen LogP contribution in [0.3, 0.4) is 0 Å². The number of benzene rings is 2. The second-order valence-corrected chi connectivity index (χ2v) is 10.2. The Bertz CT molecular complexity index is 1450. The van der Waals surface area contributed by atoms with Crippen molar-refractivity contribution in [2.24, 2.45) is 0 Å². The van der Waals surface area contributed by atoms with Crippen LogP contribution in [0, 0.1) is 6.92 Å². The average molecular weight is 501 g/mol. The molecule has 2 aromatic heterocycles. The van der Waals surface area contributed by atoms with Crippen molar-refractivity contribution in [3.8, 4) is 11.1 Å². The summed E-state index contributed by atoms with van der Waals surface area (Å²) in [5.74, 6) is -0.00539. The minimum Gasteiger partial charge on any atom is -0.457 e. The maximum atomic E-state index is 12.4. The van der Waals surface area contributed by atoms with E-state index in [4.69, 9.17) is 10.5 Å². The lowest BCUT2D eigenvalue weighted by Gasteiger charge is -2.17. The Morgan fingerprint density at radius 1 is 1.06 bits per heavy atom. The number of pyridine rings is 1. The van der Waals surface area contributed by atoms with Gasteiger partial charge in [-0.15, -0.1) is 11.3 Å². The van der Waals surface area contributed by atoms with E-state index in [9.17, 15) is 9.59 Å². The monoisotopic (exact) mass is 500 g/mol. The number of nitrogens with two attached hydrogens (primary N) is 1. The largest absolute Gasteiger partial charge is 0.457 e. The Morgan fingerprint density at radius 3 is 2.47 bits per heavy atom. The summed E-state index contributed by atoms with van der Waals surface area (Å²) in [6, 6.07) is 14.8. The number of thiophene rings is 1. The number of nitrogens with zero attached hydrogens (tertiary/aromatic N) is 1. The number of rotatable bonds is 5. The summed E-state index contributed by atoms with van der Waals surface area (Å²) in [4.78, 5) is 28.8. The lowest BCUT2D eigenvalue weighted by atomic mass is 10.0. The topological polar surface area (TPSA) is 106 Å². The molecule has 184 valence electrons. The number of amides is 2. The van der Waals surface area contributed by atoms with E-state index in [2.05, 4.69) is 15.6 Å². The fourth-order valence-corrected chi connectivity index (χ4v) is 4.74. The van der Waals surface area contributed by atoms with Crippen LogP contribution in [-0.4, -0.2) is 22.6 Å². The highest BCUT2D eigenvalue weighted by molar-refractivity contribution is 7.18. The fraction of sp³-hybridized carbons (Fsp3) is 0.179. The number of nitrogen functional groups attached to an aromatic ring is 1. The Labute approximate surface area is 214 Å². The molecule has 0 aliphatic heterocycles. The van der Waals surface area contributed by atoms with Gasteiger partial charge in [0.1, 0.15) is 11.4 Å². The standard InChI is InChI=1S/C28H28N4O3S/c1-17-6-5-7-21(14-17)32-27(34)31-20-11-8-18(9-12-20)22-16-36-25-19(15-30-26(29)24(22)25)10-13-23(33)35-28(2,3)4/h5-16H,1-4H3,(H2,29,30)(H2,31,32,34). The number of ether oxygens (including phenoxy) is 1. The lowest BCUT2D eigenvalue weighted by Crippen LogP contribution is -2.22. The average Bonchev–Trinajstić information content (AvgIpc) is 3.24. The minimum atomic E-state index is -0.561. The van der Waals surface area contributed by atoms with Gasteiger partial charge >= 0.3 is 12.0 Å². The quantitative estimate of drug-likeness (QED) is 0.205. The van der Waals surface area contributed by atoms with Crippen LogP contribution in [0.1, 0.15) is 31.9 Å². The third-order valence-electron chi connectivity index (χ3n) is 5.19. The molecule has 0 saturated heterocycles. The molecule has 0 unspecified atom stereocenters. The second kappa shape index (κ2) is 10.2. The molecule has 4 N–H and O–H groups in total. The number of anilines is 3. The maximum absolute atomic E-state index is 12.4. The summed E-state index contributed by atoms with van der Waals surface area (Å²) in [7, 11) is 0. The van der Waals surface area contributed by atoms with Crippen molar-refractivity contribution in [2.75, 3.05) is 16.4 Å². The molecule has 2 heterocycles. The molecular weight excluding hydrogens is 472 g/mol. The number of hydrogen-bond acceptors (Lipinski definition) is 6. The Morgan fingerprint density at radius 2 is 1.78 bits per heavy atom. The SMILES string of the molecule is Cc1cccc(NC(=O)Nc2ccc(-c3csc4c(C=CC(=O)OC(C)(C)C)cnc(N)c34)cc2)c1. The van der Waals surface area contributed by atoms with Crippen molar-refractivity contribution >= 4 is 56.7 Å². The van der Waals surface area contributed by atoms with Gasteiger partial charge in [0.25, 0.3) is 0 Å². The summed E-state index contributed by atoms with van der Waals surface area (Å²) in [6.07, 6.45) is 4.75.